The molecule has 0 aliphatic rings. The first-order valence-electron chi connectivity index (χ1n) is 35.2. The first-order chi connectivity index (χ1) is 40.5. The van der Waals surface area contributed by atoms with Gasteiger partial charge < -0.3 is 14.2 Å². The lowest BCUT2D eigenvalue weighted by molar-refractivity contribution is -0.167. The molecule has 0 aromatic carbocycles. The van der Waals surface area contributed by atoms with Crippen LogP contribution in [0.5, 0.6) is 0 Å². The predicted octanol–water partition coefficient (Wildman–Crippen LogP) is 24.4. The van der Waals surface area contributed by atoms with E-state index in [-0.39, 0.29) is 31.1 Å². The van der Waals surface area contributed by atoms with E-state index in [1.807, 2.05) is 0 Å². The monoisotopic (exact) mass is 1140 g/mol. The second-order valence-corrected chi connectivity index (χ2v) is 23.4. The van der Waals surface area contributed by atoms with Gasteiger partial charge in [-0.15, -0.1) is 0 Å². The maximum Gasteiger partial charge on any atom is 0.306 e. The van der Waals surface area contributed by atoms with Crippen molar-refractivity contribution in [3.8, 4) is 0 Å². The van der Waals surface area contributed by atoms with Gasteiger partial charge in [0.05, 0.1) is 0 Å². The second kappa shape index (κ2) is 69.8. The van der Waals surface area contributed by atoms with E-state index in [0.717, 1.165) is 109 Å². The molecular weight excluding hydrogens is 1010 g/mol. The quantitative estimate of drug-likeness (QED) is 0.0261. The Morgan fingerprint density at radius 1 is 0.256 bits per heavy atom. The molecule has 1 unspecified atom stereocenters. The molecular formula is C76H132O6. The number of hydrogen-bond acceptors (Lipinski definition) is 6. The van der Waals surface area contributed by atoms with Gasteiger partial charge in [0.25, 0.3) is 0 Å². The molecule has 0 radical (unpaired) electrons. The summed E-state index contributed by atoms with van der Waals surface area (Å²) in [6, 6.07) is 0. The number of ether oxygens (including phenoxy) is 3. The van der Waals surface area contributed by atoms with Crippen molar-refractivity contribution in [3.63, 3.8) is 0 Å². The van der Waals surface area contributed by atoms with Crippen molar-refractivity contribution in [2.24, 2.45) is 0 Å². The van der Waals surface area contributed by atoms with Crippen LogP contribution >= 0.6 is 0 Å². The molecule has 0 fully saturated rings. The number of rotatable bonds is 64. The minimum Gasteiger partial charge on any atom is -0.462 e. The van der Waals surface area contributed by atoms with Gasteiger partial charge in [-0.25, -0.2) is 0 Å². The minimum atomic E-state index is -0.781. The van der Waals surface area contributed by atoms with Crippen LogP contribution in [-0.4, -0.2) is 37.2 Å². The average molecular weight is 1140 g/mol. The van der Waals surface area contributed by atoms with Crippen molar-refractivity contribution < 1.29 is 28.6 Å². The summed E-state index contributed by atoms with van der Waals surface area (Å²) in [5.74, 6) is -0.863. The van der Waals surface area contributed by atoms with Crippen molar-refractivity contribution in [3.05, 3.63) is 97.2 Å². The Labute approximate surface area is 508 Å². The first kappa shape index (κ1) is 78.3. The molecule has 0 aliphatic carbocycles. The lowest BCUT2D eigenvalue weighted by Crippen LogP contribution is -2.30. The normalized spacial score (nSPS) is 12.7. The highest BCUT2D eigenvalue weighted by Crippen LogP contribution is 2.18. The Kier molecular flexibility index (Phi) is 66.7. The highest BCUT2D eigenvalue weighted by atomic mass is 16.6. The van der Waals surface area contributed by atoms with Crippen molar-refractivity contribution in [1.29, 1.82) is 0 Å². The smallest absolute Gasteiger partial charge is 0.306 e. The molecule has 0 aliphatic heterocycles. The SMILES string of the molecule is CC/C=C\C/C=C\C/C=C\C/C=C\CCCCCCCCCCCCCCC(=O)OCC(COC(=O)CCCCCCCCCCCCCCCCCC)OC(=O)CCCCCCCCCCCC/C=C\C/C=C\C/C=C\C/C=C\CC. The molecule has 0 rings (SSSR count). The third kappa shape index (κ3) is 67.1. The van der Waals surface area contributed by atoms with Gasteiger partial charge in [0.2, 0.25) is 0 Å². The molecule has 6 nitrogen and oxygen atoms in total. The molecule has 0 saturated heterocycles. The molecule has 0 N–H and O–H groups in total. The summed E-state index contributed by atoms with van der Waals surface area (Å²) in [4.78, 5) is 38.5. The van der Waals surface area contributed by atoms with Gasteiger partial charge in [0.1, 0.15) is 13.2 Å². The van der Waals surface area contributed by atoms with E-state index in [0.29, 0.717) is 19.3 Å². The number of esters is 3. The Hall–Kier alpha value is -3.67. The van der Waals surface area contributed by atoms with E-state index in [9.17, 15) is 14.4 Å². The Morgan fingerprint density at radius 3 is 0.744 bits per heavy atom. The molecule has 472 valence electrons. The summed E-state index contributed by atoms with van der Waals surface area (Å²) >= 11 is 0. The molecule has 0 heterocycles. The molecule has 1 atom stereocenters. The van der Waals surface area contributed by atoms with Crippen LogP contribution in [0.1, 0.15) is 348 Å². The molecule has 0 aromatic heterocycles. The van der Waals surface area contributed by atoms with E-state index in [1.54, 1.807) is 0 Å². The predicted molar refractivity (Wildman–Crippen MR) is 357 cm³/mol. The largest absolute Gasteiger partial charge is 0.462 e. The van der Waals surface area contributed by atoms with E-state index in [1.165, 1.54) is 199 Å². The van der Waals surface area contributed by atoms with E-state index in [2.05, 4.69) is 118 Å². The van der Waals surface area contributed by atoms with Crippen molar-refractivity contribution in [1.82, 2.24) is 0 Å². The van der Waals surface area contributed by atoms with Crippen molar-refractivity contribution in [2.75, 3.05) is 13.2 Å². The fraction of sp³-hybridized carbons (Fsp3) is 0.750. The fourth-order valence-corrected chi connectivity index (χ4v) is 10.1. The van der Waals surface area contributed by atoms with Crippen LogP contribution in [0, 0.1) is 0 Å². The van der Waals surface area contributed by atoms with Crippen LogP contribution in [0.25, 0.3) is 0 Å². The zero-order valence-electron chi connectivity index (χ0n) is 54.2. The maximum absolute atomic E-state index is 13.0. The van der Waals surface area contributed by atoms with Crippen molar-refractivity contribution in [2.45, 2.75) is 354 Å². The van der Waals surface area contributed by atoms with Gasteiger partial charge in [0.15, 0.2) is 6.10 Å². The number of unbranched alkanes of at least 4 members (excludes halogenated alkanes) is 37. The van der Waals surface area contributed by atoms with Crippen LogP contribution in [0.15, 0.2) is 97.2 Å². The maximum atomic E-state index is 13.0. The topological polar surface area (TPSA) is 78.9 Å². The molecule has 0 aromatic rings. The Bertz CT molecular complexity index is 1590. The highest BCUT2D eigenvalue weighted by molar-refractivity contribution is 5.71. The summed E-state index contributed by atoms with van der Waals surface area (Å²) in [5.41, 5.74) is 0. The van der Waals surface area contributed by atoms with Crippen molar-refractivity contribution >= 4 is 17.9 Å². The van der Waals surface area contributed by atoms with Crippen LogP contribution in [0.2, 0.25) is 0 Å². The summed E-state index contributed by atoms with van der Waals surface area (Å²) < 4.78 is 17.0. The molecule has 6 heteroatoms. The molecule has 0 saturated carbocycles. The first-order valence-corrected chi connectivity index (χ1v) is 35.2. The second-order valence-electron chi connectivity index (χ2n) is 23.4. The highest BCUT2D eigenvalue weighted by Gasteiger charge is 2.19. The van der Waals surface area contributed by atoms with Gasteiger partial charge in [-0.1, -0.05) is 330 Å². The van der Waals surface area contributed by atoms with Gasteiger partial charge >= 0.3 is 17.9 Å². The summed E-state index contributed by atoms with van der Waals surface area (Å²) in [7, 11) is 0. The number of carbonyl (C=O) groups excluding carboxylic acids is 3. The average Bonchev–Trinajstić information content (AvgIpc) is 3.47. The molecule has 0 bridgehead atoms. The van der Waals surface area contributed by atoms with E-state index in [4.69, 9.17) is 14.2 Å². The van der Waals surface area contributed by atoms with Gasteiger partial charge in [-0.05, 0) is 96.3 Å². The van der Waals surface area contributed by atoms with Gasteiger partial charge in [0, 0.05) is 19.3 Å². The number of hydrogen-bond donors (Lipinski definition) is 0. The fourth-order valence-electron chi connectivity index (χ4n) is 10.1. The van der Waals surface area contributed by atoms with Crippen LogP contribution in [-0.2, 0) is 28.6 Å². The zero-order chi connectivity index (χ0) is 59.2. The number of carbonyl (C=O) groups is 3. The van der Waals surface area contributed by atoms with E-state index >= 15 is 0 Å². The van der Waals surface area contributed by atoms with Crippen LogP contribution in [0.4, 0.5) is 0 Å². The summed E-state index contributed by atoms with van der Waals surface area (Å²) in [6.45, 7) is 6.46. The lowest BCUT2D eigenvalue weighted by Gasteiger charge is -2.18. The Balaban J connectivity index is 4.34. The summed E-state index contributed by atoms with van der Waals surface area (Å²) in [6.07, 6.45) is 94.2. The molecule has 0 amide bonds. The van der Waals surface area contributed by atoms with Crippen LogP contribution < -0.4 is 0 Å². The molecule has 82 heavy (non-hydrogen) atoms. The lowest BCUT2D eigenvalue weighted by atomic mass is 10.0. The number of allylic oxidation sites excluding steroid dienone is 16. The van der Waals surface area contributed by atoms with Crippen LogP contribution in [0.3, 0.4) is 0 Å². The molecule has 0 spiro atoms. The third-order valence-corrected chi connectivity index (χ3v) is 15.3. The van der Waals surface area contributed by atoms with E-state index < -0.39 is 6.10 Å². The third-order valence-electron chi connectivity index (χ3n) is 15.3. The zero-order valence-corrected chi connectivity index (χ0v) is 54.2. The standard InChI is InChI=1S/C76H132O6/c1-4-7-10-13-16-19-22-25-28-31-33-35-37-38-40-41-43-45-48-51-54-57-60-63-66-69-75(78)81-72-73(71-80-74(77)68-65-62-59-56-53-50-47-30-27-24-21-18-15-12-9-6-3)82-76(79)70-67-64-61-58-55-52-49-46-44-42-39-36-34-32-29-26-23-20-17-14-11-8-5-2/h7-8,10-11,16-17,19-20,25-26,28-29,33-36,73H,4-6,9,12-15,18,21-24,27,30-32,37-72H2,1-3H3/b10-7-,11-8-,19-16-,20-17-,28-25-,29-26-,35-33-,36-34-. The van der Waals surface area contributed by atoms with Gasteiger partial charge in [-0.3, -0.25) is 14.4 Å². The minimum absolute atomic E-state index is 0.0756. The summed E-state index contributed by atoms with van der Waals surface area (Å²) in [5, 5.41) is 0. The Morgan fingerprint density at radius 2 is 0.476 bits per heavy atom. The van der Waals surface area contributed by atoms with Gasteiger partial charge in [-0.2, -0.15) is 0 Å².